The molecule has 0 bridgehead atoms. The summed E-state index contributed by atoms with van der Waals surface area (Å²) in [5.41, 5.74) is 5.73. The van der Waals surface area contributed by atoms with Crippen molar-refractivity contribution in [1.29, 1.82) is 0 Å². The van der Waals surface area contributed by atoms with Crippen LogP contribution in [-0.2, 0) is 0 Å². The molecule has 1 atom stereocenters. The minimum Gasteiger partial charge on any atom is -0.370 e. The number of hydrogen-bond acceptors (Lipinski definition) is 2. The third kappa shape index (κ3) is 8.23. The fraction of sp³-hybridized carbons (Fsp3) is 0.900. The monoisotopic (exact) mass is 217 g/mol. The molecule has 0 saturated heterocycles. The van der Waals surface area contributed by atoms with E-state index in [-0.39, 0.29) is 5.54 Å². The lowest BCUT2D eigenvalue weighted by Gasteiger charge is -2.21. The molecule has 0 heterocycles. The Morgan fingerprint density at radius 3 is 2.50 bits per heavy atom. The molecule has 0 rings (SSSR count). The average Bonchev–Trinajstić information content (AvgIpc) is 1.98. The minimum absolute atomic E-state index is 0.00364. The van der Waals surface area contributed by atoms with Crippen LogP contribution in [0.1, 0.15) is 27.7 Å². The van der Waals surface area contributed by atoms with Crippen molar-refractivity contribution in [1.82, 2.24) is 5.32 Å². The maximum absolute atomic E-state index is 5.74. The van der Waals surface area contributed by atoms with Crippen LogP contribution in [0.15, 0.2) is 4.99 Å². The molecule has 0 radical (unpaired) electrons. The van der Waals surface area contributed by atoms with Crippen LogP contribution >= 0.6 is 11.8 Å². The molecule has 4 heteroatoms. The standard InChI is InChI=1S/C10H23N3S/c1-8(7-14-5)6-12-9(11)13-10(2,3)4/h8H,6-7H2,1-5H3,(H3,11,12,13). The van der Waals surface area contributed by atoms with E-state index in [1.54, 1.807) is 0 Å². The molecule has 84 valence electrons. The molecule has 14 heavy (non-hydrogen) atoms. The summed E-state index contributed by atoms with van der Waals surface area (Å²) in [6.07, 6.45) is 2.11. The van der Waals surface area contributed by atoms with Gasteiger partial charge in [0.15, 0.2) is 5.96 Å². The Kier molecular flexibility index (Phi) is 6.00. The van der Waals surface area contributed by atoms with Gasteiger partial charge in [0.05, 0.1) is 0 Å². The van der Waals surface area contributed by atoms with Crippen molar-refractivity contribution in [3.63, 3.8) is 0 Å². The zero-order valence-electron chi connectivity index (χ0n) is 9.92. The molecule has 0 amide bonds. The number of hydrogen-bond donors (Lipinski definition) is 2. The molecule has 0 aromatic heterocycles. The Hall–Kier alpha value is -0.380. The van der Waals surface area contributed by atoms with Gasteiger partial charge < -0.3 is 11.1 Å². The molecular formula is C10H23N3S. The molecular weight excluding hydrogens is 194 g/mol. The van der Waals surface area contributed by atoms with Gasteiger partial charge in [-0.2, -0.15) is 11.8 Å². The number of guanidine groups is 1. The largest absolute Gasteiger partial charge is 0.370 e. The molecule has 0 aromatic carbocycles. The first-order valence-corrected chi connectivity index (χ1v) is 6.31. The first-order valence-electron chi connectivity index (χ1n) is 4.92. The molecule has 0 fully saturated rings. The van der Waals surface area contributed by atoms with Gasteiger partial charge in [-0.25, -0.2) is 0 Å². The van der Waals surface area contributed by atoms with Crippen LogP contribution in [0.2, 0.25) is 0 Å². The van der Waals surface area contributed by atoms with Crippen LogP contribution in [0.5, 0.6) is 0 Å². The van der Waals surface area contributed by atoms with Gasteiger partial charge in [0.1, 0.15) is 0 Å². The Bertz CT molecular complexity index is 184. The number of thioether (sulfide) groups is 1. The molecule has 3 nitrogen and oxygen atoms in total. The second kappa shape index (κ2) is 6.17. The zero-order valence-corrected chi connectivity index (χ0v) is 10.7. The third-order valence-corrected chi connectivity index (χ3v) is 2.43. The van der Waals surface area contributed by atoms with Gasteiger partial charge in [-0.1, -0.05) is 6.92 Å². The first-order chi connectivity index (χ1) is 6.35. The average molecular weight is 217 g/mol. The van der Waals surface area contributed by atoms with Crippen LogP contribution in [0, 0.1) is 5.92 Å². The number of aliphatic imine (C=N–C) groups is 1. The smallest absolute Gasteiger partial charge is 0.188 e. The fourth-order valence-corrected chi connectivity index (χ4v) is 1.69. The van der Waals surface area contributed by atoms with Gasteiger partial charge in [-0.05, 0) is 38.7 Å². The molecule has 0 aliphatic rings. The lowest BCUT2D eigenvalue weighted by Crippen LogP contribution is -2.45. The lowest BCUT2D eigenvalue weighted by molar-refractivity contribution is 0.507. The quantitative estimate of drug-likeness (QED) is 0.556. The van der Waals surface area contributed by atoms with Crippen molar-refractivity contribution in [2.24, 2.45) is 16.6 Å². The first kappa shape index (κ1) is 13.6. The SMILES string of the molecule is CSCC(C)CN=C(N)NC(C)(C)C. The van der Waals surface area contributed by atoms with Crippen molar-refractivity contribution >= 4 is 17.7 Å². The number of nitrogens with two attached hydrogens (primary N) is 1. The van der Waals surface area contributed by atoms with E-state index in [0.717, 1.165) is 12.3 Å². The Morgan fingerprint density at radius 1 is 1.50 bits per heavy atom. The van der Waals surface area contributed by atoms with Crippen LogP contribution in [-0.4, -0.2) is 30.1 Å². The van der Waals surface area contributed by atoms with Gasteiger partial charge in [0.2, 0.25) is 0 Å². The van der Waals surface area contributed by atoms with E-state index in [9.17, 15) is 0 Å². The van der Waals surface area contributed by atoms with E-state index in [4.69, 9.17) is 5.73 Å². The summed E-state index contributed by atoms with van der Waals surface area (Å²) in [7, 11) is 0. The zero-order chi connectivity index (χ0) is 11.2. The van der Waals surface area contributed by atoms with E-state index in [1.165, 1.54) is 0 Å². The van der Waals surface area contributed by atoms with Crippen molar-refractivity contribution in [2.45, 2.75) is 33.2 Å². The molecule has 0 spiro atoms. The van der Waals surface area contributed by atoms with Crippen molar-refractivity contribution in [3.8, 4) is 0 Å². The van der Waals surface area contributed by atoms with Crippen LogP contribution < -0.4 is 11.1 Å². The van der Waals surface area contributed by atoms with Crippen LogP contribution in [0.4, 0.5) is 0 Å². The summed E-state index contributed by atoms with van der Waals surface area (Å²) in [4.78, 5) is 4.30. The maximum atomic E-state index is 5.74. The van der Waals surface area contributed by atoms with Gasteiger partial charge in [0, 0.05) is 12.1 Å². The number of nitrogens with zero attached hydrogens (tertiary/aromatic N) is 1. The second-order valence-electron chi connectivity index (χ2n) is 4.66. The third-order valence-electron chi connectivity index (χ3n) is 1.53. The summed E-state index contributed by atoms with van der Waals surface area (Å²) >= 11 is 1.84. The number of rotatable bonds is 4. The van der Waals surface area contributed by atoms with E-state index in [1.807, 2.05) is 11.8 Å². The molecule has 0 saturated carbocycles. The van der Waals surface area contributed by atoms with E-state index in [2.05, 4.69) is 44.3 Å². The summed E-state index contributed by atoms with van der Waals surface area (Å²) in [6.45, 7) is 9.20. The molecule has 0 aliphatic heterocycles. The summed E-state index contributed by atoms with van der Waals surface area (Å²) in [5.74, 6) is 2.27. The molecule has 0 aliphatic carbocycles. The van der Waals surface area contributed by atoms with Crippen LogP contribution in [0.3, 0.4) is 0 Å². The molecule has 0 aromatic rings. The van der Waals surface area contributed by atoms with Gasteiger partial charge in [-0.3, -0.25) is 4.99 Å². The Morgan fingerprint density at radius 2 is 2.07 bits per heavy atom. The maximum Gasteiger partial charge on any atom is 0.188 e. The van der Waals surface area contributed by atoms with Gasteiger partial charge >= 0.3 is 0 Å². The Labute approximate surface area is 91.9 Å². The van der Waals surface area contributed by atoms with E-state index >= 15 is 0 Å². The summed E-state index contributed by atoms with van der Waals surface area (Å²) in [6, 6.07) is 0. The minimum atomic E-state index is -0.00364. The topological polar surface area (TPSA) is 50.4 Å². The molecule has 1 unspecified atom stereocenters. The van der Waals surface area contributed by atoms with Crippen molar-refractivity contribution in [2.75, 3.05) is 18.6 Å². The van der Waals surface area contributed by atoms with Gasteiger partial charge in [0.25, 0.3) is 0 Å². The van der Waals surface area contributed by atoms with E-state index in [0.29, 0.717) is 11.9 Å². The van der Waals surface area contributed by atoms with Crippen molar-refractivity contribution in [3.05, 3.63) is 0 Å². The molecule has 3 N–H and O–H groups in total. The normalized spacial score (nSPS) is 15.4. The summed E-state index contributed by atoms with van der Waals surface area (Å²) < 4.78 is 0. The van der Waals surface area contributed by atoms with Gasteiger partial charge in [-0.15, -0.1) is 0 Å². The predicted molar refractivity (Wildman–Crippen MR) is 66.9 cm³/mol. The van der Waals surface area contributed by atoms with Crippen molar-refractivity contribution < 1.29 is 0 Å². The summed E-state index contributed by atoms with van der Waals surface area (Å²) in [5, 5.41) is 3.14. The highest BCUT2D eigenvalue weighted by atomic mass is 32.2. The number of nitrogens with one attached hydrogen (secondary N) is 1. The highest BCUT2D eigenvalue weighted by molar-refractivity contribution is 7.98. The highest BCUT2D eigenvalue weighted by Crippen LogP contribution is 2.04. The van der Waals surface area contributed by atoms with E-state index < -0.39 is 0 Å². The second-order valence-corrected chi connectivity index (χ2v) is 5.57. The Balaban J connectivity index is 3.88. The lowest BCUT2D eigenvalue weighted by atomic mass is 10.1. The van der Waals surface area contributed by atoms with Crippen LogP contribution in [0.25, 0.3) is 0 Å². The fourth-order valence-electron chi connectivity index (χ4n) is 1.02. The highest BCUT2D eigenvalue weighted by Gasteiger charge is 2.09. The predicted octanol–water partition coefficient (Wildman–Crippen LogP) is 1.69.